The molecule has 0 saturated carbocycles. The summed E-state index contributed by atoms with van der Waals surface area (Å²) in [5, 5.41) is 11.4. The van der Waals surface area contributed by atoms with Gasteiger partial charge in [0.1, 0.15) is 6.04 Å². The molecular formula is C14H18N2O4. The third kappa shape index (κ3) is 4.08. The van der Waals surface area contributed by atoms with Crippen LogP contribution >= 0.6 is 0 Å². The van der Waals surface area contributed by atoms with Gasteiger partial charge in [0.25, 0.3) is 5.91 Å². The van der Waals surface area contributed by atoms with Crippen LogP contribution in [0.25, 0.3) is 0 Å². The summed E-state index contributed by atoms with van der Waals surface area (Å²) >= 11 is 0. The quantitative estimate of drug-likeness (QED) is 0.713. The SMILES string of the molecule is Cc1cccc(C(=O)N[C@H](CCC(N)=O)C(=O)O)c1C. The molecule has 6 heteroatoms. The number of amides is 2. The van der Waals surface area contributed by atoms with E-state index in [0.29, 0.717) is 5.56 Å². The molecule has 108 valence electrons. The van der Waals surface area contributed by atoms with Crippen molar-refractivity contribution in [2.45, 2.75) is 32.7 Å². The molecule has 0 aromatic heterocycles. The molecule has 1 rings (SSSR count). The van der Waals surface area contributed by atoms with Crippen molar-refractivity contribution in [3.8, 4) is 0 Å². The lowest BCUT2D eigenvalue weighted by molar-refractivity contribution is -0.139. The number of carbonyl (C=O) groups is 3. The summed E-state index contributed by atoms with van der Waals surface area (Å²) in [6.45, 7) is 3.66. The van der Waals surface area contributed by atoms with Crippen LogP contribution in [0, 0.1) is 13.8 Å². The standard InChI is InChI=1S/C14H18N2O4/c1-8-4-3-5-10(9(8)2)13(18)16-11(14(19)20)6-7-12(15)17/h3-5,11H,6-7H2,1-2H3,(H2,15,17)(H,16,18)(H,19,20)/t11-/m1/s1. The van der Waals surface area contributed by atoms with Gasteiger partial charge in [0, 0.05) is 12.0 Å². The van der Waals surface area contributed by atoms with E-state index < -0.39 is 23.8 Å². The van der Waals surface area contributed by atoms with Gasteiger partial charge in [-0.25, -0.2) is 4.79 Å². The highest BCUT2D eigenvalue weighted by Crippen LogP contribution is 2.13. The Morgan fingerprint density at radius 3 is 2.50 bits per heavy atom. The largest absolute Gasteiger partial charge is 0.480 e. The van der Waals surface area contributed by atoms with Gasteiger partial charge in [-0.3, -0.25) is 9.59 Å². The molecule has 0 radical (unpaired) electrons. The third-order valence-corrected chi connectivity index (χ3v) is 3.13. The maximum Gasteiger partial charge on any atom is 0.326 e. The summed E-state index contributed by atoms with van der Waals surface area (Å²) in [5.74, 6) is -2.26. The van der Waals surface area contributed by atoms with Gasteiger partial charge in [-0.15, -0.1) is 0 Å². The Kier molecular flexibility index (Phi) is 5.25. The summed E-state index contributed by atoms with van der Waals surface area (Å²) in [7, 11) is 0. The molecule has 1 aromatic rings. The van der Waals surface area contributed by atoms with Gasteiger partial charge >= 0.3 is 5.97 Å². The first-order valence-corrected chi connectivity index (χ1v) is 6.21. The van der Waals surface area contributed by atoms with E-state index in [4.69, 9.17) is 10.8 Å². The molecule has 6 nitrogen and oxygen atoms in total. The zero-order chi connectivity index (χ0) is 15.3. The first-order valence-electron chi connectivity index (χ1n) is 6.21. The lowest BCUT2D eigenvalue weighted by Gasteiger charge is -2.15. The number of benzene rings is 1. The Hall–Kier alpha value is -2.37. The number of carbonyl (C=O) groups excluding carboxylic acids is 2. The highest BCUT2D eigenvalue weighted by Gasteiger charge is 2.22. The maximum atomic E-state index is 12.1. The molecule has 0 spiro atoms. The van der Waals surface area contributed by atoms with Crippen molar-refractivity contribution >= 4 is 17.8 Å². The van der Waals surface area contributed by atoms with Crippen molar-refractivity contribution < 1.29 is 19.5 Å². The second-order valence-corrected chi connectivity index (χ2v) is 4.62. The number of carboxylic acids is 1. The summed E-state index contributed by atoms with van der Waals surface area (Å²) in [6.07, 6.45) is -0.120. The van der Waals surface area contributed by atoms with E-state index in [1.165, 1.54) is 0 Å². The lowest BCUT2D eigenvalue weighted by Crippen LogP contribution is -2.41. The molecule has 2 amide bonds. The average Bonchev–Trinajstić information content (AvgIpc) is 2.36. The molecule has 1 atom stereocenters. The van der Waals surface area contributed by atoms with Crippen molar-refractivity contribution in [3.05, 3.63) is 34.9 Å². The van der Waals surface area contributed by atoms with E-state index in [1.54, 1.807) is 19.1 Å². The van der Waals surface area contributed by atoms with Crippen LogP contribution in [-0.4, -0.2) is 28.9 Å². The fourth-order valence-electron chi connectivity index (χ4n) is 1.78. The van der Waals surface area contributed by atoms with Crippen LogP contribution in [0.3, 0.4) is 0 Å². The Balaban J connectivity index is 2.83. The molecule has 0 aliphatic rings. The van der Waals surface area contributed by atoms with E-state index in [2.05, 4.69) is 5.32 Å². The molecule has 4 N–H and O–H groups in total. The first-order chi connectivity index (χ1) is 9.32. The molecule has 0 aliphatic carbocycles. The van der Waals surface area contributed by atoms with Crippen molar-refractivity contribution in [2.75, 3.05) is 0 Å². The molecule has 0 heterocycles. The number of hydrogen-bond acceptors (Lipinski definition) is 3. The van der Waals surface area contributed by atoms with Crippen LogP contribution in [0.4, 0.5) is 0 Å². The molecule has 0 aliphatic heterocycles. The normalized spacial score (nSPS) is 11.7. The maximum absolute atomic E-state index is 12.1. The molecule has 1 aromatic carbocycles. The monoisotopic (exact) mass is 278 g/mol. The van der Waals surface area contributed by atoms with Gasteiger partial charge < -0.3 is 16.2 Å². The van der Waals surface area contributed by atoms with Crippen LogP contribution in [0.5, 0.6) is 0 Å². The van der Waals surface area contributed by atoms with Crippen LogP contribution in [0.1, 0.15) is 34.3 Å². The highest BCUT2D eigenvalue weighted by atomic mass is 16.4. The summed E-state index contributed by atoms with van der Waals surface area (Å²) in [6, 6.07) is 4.10. The van der Waals surface area contributed by atoms with Crippen molar-refractivity contribution in [3.63, 3.8) is 0 Å². The number of rotatable bonds is 6. The predicted molar refractivity (Wildman–Crippen MR) is 73.2 cm³/mol. The van der Waals surface area contributed by atoms with Gasteiger partial charge in [0.05, 0.1) is 0 Å². The zero-order valence-electron chi connectivity index (χ0n) is 11.5. The fraction of sp³-hybridized carbons (Fsp3) is 0.357. The predicted octanol–water partition coefficient (Wildman–Crippen LogP) is 0.752. The Morgan fingerprint density at radius 1 is 1.30 bits per heavy atom. The van der Waals surface area contributed by atoms with Crippen LogP contribution < -0.4 is 11.1 Å². The number of carboxylic acid groups (broad SMARTS) is 1. The second-order valence-electron chi connectivity index (χ2n) is 4.62. The summed E-state index contributed by atoms with van der Waals surface area (Å²) < 4.78 is 0. The lowest BCUT2D eigenvalue weighted by atomic mass is 10.0. The average molecular weight is 278 g/mol. The molecule has 0 bridgehead atoms. The summed E-state index contributed by atoms with van der Waals surface area (Å²) in [5.41, 5.74) is 7.15. The van der Waals surface area contributed by atoms with Crippen LogP contribution in [-0.2, 0) is 9.59 Å². The Morgan fingerprint density at radius 2 is 1.95 bits per heavy atom. The second kappa shape index (κ2) is 6.70. The van der Waals surface area contributed by atoms with E-state index >= 15 is 0 Å². The van der Waals surface area contributed by atoms with E-state index in [0.717, 1.165) is 11.1 Å². The van der Waals surface area contributed by atoms with E-state index in [-0.39, 0.29) is 12.8 Å². The number of primary amides is 1. The molecule has 0 unspecified atom stereocenters. The number of hydrogen-bond donors (Lipinski definition) is 3. The minimum atomic E-state index is -1.19. The number of aryl methyl sites for hydroxylation is 1. The van der Waals surface area contributed by atoms with Crippen molar-refractivity contribution in [1.29, 1.82) is 0 Å². The molecule has 20 heavy (non-hydrogen) atoms. The van der Waals surface area contributed by atoms with E-state index in [9.17, 15) is 14.4 Å². The highest BCUT2D eigenvalue weighted by molar-refractivity contribution is 5.98. The van der Waals surface area contributed by atoms with Crippen LogP contribution in [0.2, 0.25) is 0 Å². The van der Waals surface area contributed by atoms with Gasteiger partial charge in [-0.1, -0.05) is 12.1 Å². The topological polar surface area (TPSA) is 109 Å². The summed E-state index contributed by atoms with van der Waals surface area (Å²) in [4.78, 5) is 33.8. The number of aliphatic carboxylic acids is 1. The minimum Gasteiger partial charge on any atom is -0.480 e. The minimum absolute atomic E-state index is 0.0265. The van der Waals surface area contributed by atoms with Crippen molar-refractivity contribution in [1.82, 2.24) is 5.32 Å². The first kappa shape index (κ1) is 15.7. The zero-order valence-corrected chi connectivity index (χ0v) is 11.5. The smallest absolute Gasteiger partial charge is 0.326 e. The molecular weight excluding hydrogens is 260 g/mol. The van der Waals surface area contributed by atoms with Crippen LogP contribution in [0.15, 0.2) is 18.2 Å². The van der Waals surface area contributed by atoms with Crippen molar-refractivity contribution in [2.24, 2.45) is 5.73 Å². The number of nitrogens with two attached hydrogens (primary N) is 1. The Labute approximate surface area is 117 Å². The molecule has 0 fully saturated rings. The number of nitrogens with one attached hydrogen (secondary N) is 1. The van der Waals surface area contributed by atoms with Gasteiger partial charge in [-0.2, -0.15) is 0 Å². The molecule has 0 saturated heterocycles. The Bertz CT molecular complexity index is 540. The third-order valence-electron chi connectivity index (χ3n) is 3.13. The van der Waals surface area contributed by atoms with Gasteiger partial charge in [0.15, 0.2) is 0 Å². The van der Waals surface area contributed by atoms with E-state index in [1.807, 2.05) is 13.0 Å². The fourth-order valence-corrected chi connectivity index (χ4v) is 1.78. The van der Waals surface area contributed by atoms with Gasteiger partial charge in [-0.05, 0) is 37.5 Å². The van der Waals surface area contributed by atoms with Gasteiger partial charge in [0.2, 0.25) is 5.91 Å².